The number of carbonyl (C=O) groups excluding carboxylic acids is 1. The van der Waals surface area contributed by atoms with E-state index in [0.717, 1.165) is 30.8 Å². The lowest BCUT2D eigenvalue weighted by Crippen LogP contribution is -2.59. The molecule has 0 spiro atoms. The van der Waals surface area contributed by atoms with E-state index in [1.807, 2.05) is 0 Å². The second kappa shape index (κ2) is 6.91. The van der Waals surface area contributed by atoms with E-state index < -0.39 is 0 Å². The standard InChI is InChI=1S/C27H42O3/c1-16(2)23-21(30)14-27(15-28)12-9-20-19(24(23)27)5-6-22-25(3)11-8-18(29)13-17(25)7-10-26(20,22)4/h16-20,22,28-29H,5-15H2,1-4H3. The molecule has 8 atom stereocenters. The number of hydrogen-bond acceptors (Lipinski definition) is 3. The first-order valence-electron chi connectivity index (χ1n) is 12.7. The molecule has 0 radical (unpaired) electrons. The molecule has 3 heteroatoms. The van der Waals surface area contributed by atoms with Crippen LogP contribution in [0.3, 0.4) is 0 Å². The monoisotopic (exact) mass is 414 g/mol. The summed E-state index contributed by atoms with van der Waals surface area (Å²) in [5.41, 5.74) is 2.92. The summed E-state index contributed by atoms with van der Waals surface area (Å²) in [6.45, 7) is 9.61. The lowest BCUT2D eigenvalue weighted by Gasteiger charge is -2.66. The van der Waals surface area contributed by atoms with Crippen LogP contribution >= 0.6 is 0 Å². The van der Waals surface area contributed by atoms with Gasteiger partial charge in [0.25, 0.3) is 0 Å². The van der Waals surface area contributed by atoms with Gasteiger partial charge in [0.1, 0.15) is 0 Å². The maximum atomic E-state index is 13.1. The Morgan fingerprint density at radius 3 is 2.43 bits per heavy atom. The van der Waals surface area contributed by atoms with Gasteiger partial charge in [0.15, 0.2) is 5.78 Å². The molecule has 0 aromatic carbocycles. The highest BCUT2D eigenvalue weighted by atomic mass is 16.3. The van der Waals surface area contributed by atoms with Crippen LogP contribution in [0.2, 0.25) is 0 Å². The van der Waals surface area contributed by atoms with Crippen molar-refractivity contribution in [3.8, 4) is 0 Å². The number of rotatable bonds is 2. The lowest BCUT2D eigenvalue weighted by atomic mass is 9.39. The predicted molar refractivity (Wildman–Crippen MR) is 119 cm³/mol. The molecular weight excluding hydrogens is 372 g/mol. The Morgan fingerprint density at radius 1 is 1.00 bits per heavy atom. The molecule has 0 heterocycles. The van der Waals surface area contributed by atoms with Crippen molar-refractivity contribution in [3.63, 3.8) is 0 Å². The third-order valence-corrected chi connectivity index (χ3v) is 11.1. The fraction of sp³-hybridized carbons (Fsp3) is 0.889. The van der Waals surface area contributed by atoms with Crippen molar-refractivity contribution in [2.24, 2.45) is 45.8 Å². The zero-order chi connectivity index (χ0) is 21.5. The van der Waals surface area contributed by atoms with Crippen molar-refractivity contribution >= 4 is 5.78 Å². The third-order valence-electron chi connectivity index (χ3n) is 11.1. The van der Waals surface area contributed by atoms with Crippen molar-refractivity contribution in [1.82, 2.24) is 0 Å². The van der Waals surface area contributed by atoms with Gasteiger partial charge >= 0.3 is 0 Å². The van der Waals surface area contributed by atoms with E-state index in [2.05, 4.69) is 27.7 Å². The van der Waals surface area contributed by atoms with E-state index in [9.17, 15) is 15.0 Å². The summed E-state index contributed by atoms with van der Waals surface area (Å²) in [6.07, 6.45) is 10.7. The molecule has 168 valence electrons. The van der Waals surface area contributed by atoms with Crippen LogP contribution in [-0.2, 0) is 4.79 Å². The van der Waals surface area contributed by atoms with Crippen LogP contribution in [-0.4, -0.2) is 28.7 Å². The fourth-order valence-corrected chi connectivity index (χ4v) is 9.74. The first kappa shape index (κ1) is 21.2. The molecule has 0 amide bonds. The molecule has 0 aliphatic heterocycles. The highest BCUT2D eigenvalue weighted by Crippen LogP contribution is 2.70. The Hall–Kier alpha value is -0.670. The molecule has 0 aromatic rings. The minimum absolute atomic E-state index is 0.0909. The van der Waals surface area contributed by atoms with E-state index in [1.54, 1.807) is 0 Å². The highest BCUT2D eigenvalue weighted by molar-refractivity contribution is 6.00. The van der Waals surface area contributed by atoms with E-state index >= 15 is 0 Å². The molecule has 5 rings (SSSR count). The van der Waals surface area contributed by atoms with Gasteiger partial charge in [-0.2, -0.15) is 0 Å². The Balaban J connectivity index is 1.54. The van der Waals surface area contributed by atoms with Gasteiger partial charge < -0.3 is 10.2 Å². The number of Topliss-reactive ketones (excluding diaryl/α,β-unsaturated/α-hetero) is 1. The summed E-state index contributed by atoms with van der Waals surface area (Å²) in [7, 11) is 0. The topological polar surface area (TPSA) is 57.5 Å². The molecule has 0 saturated heterocycles. The quantitative estimate of drug-likeness (QED) is 0.645. The van der Waals surface area contributed by atoms with Crippen LogP contribution in [0.4, 0.5) is 0 Å². The number of ketones is 1. The lowest BCUT2D eigenvalue weighted by molar-refractivity contribution is -0.163. The largest absolute Gasteiger partial charge is 0.395 e. The maximum Gasteiger partial charge on any atom is 0.160 e. The molecule has 4 saturated carbocycles. The molecule has 30 heavy (non-hydrogen) atoms. The molecule has 2 N–H and O–H groups in total. The predicted octanol–water partition coefficient (Wildman–Crippen LogP) is 5.29. The Labute approximate surface area is 182 Å². The number of aliphatic hydroxyl groups excluding tert-OH is 2. The summed E-state index contributed by atoms with van der Waals surface area (Å²) in [5, 5.41) is 20.8. The normalized spacial score (nSPS) is 50.8. The Morgan fingerprint density at radius 2 is 1.73 bits per heavy atom. The zero-order valence-corrected chi connectivity index (χ0v) is 19.5. The van der Waals surface area contributed by atoms with Crippen LogP contribution in [0.15, 0.2) is 11.1 Å². The van der Waals surface area contributed by atoms with E-state index in [4.69, 9.17) is 0 Å². The first-order chi connectivity index (χ1) is 14.2. The summed E-state index contributed by atoms with van der Waals surface area (Å²) >= 11 is 0. The van der Waals surface area contributed by atoms with E-state index in [0.29, 0.717) is 40.8 Å². The Kier molecular flexibility index (Phi) is 4.88. The minimum Gasteiger partial charge on any atom is -0.395 e. The molecule has 3 nitrogen and oxygen atoms in total. The second-order valence-corrected chi connectivity index (χ2v) is 12.6. The van der Waals surface area contributed by atoms with Crippen LogP contribution in [0, 0.1) is 45.8 Å². The van der Waals surface area contributed by atoms with Gasteiger partial charge in [-0.25, -0.2) is 0 Å². The average Bonchev–Trinajstić information content (AvgIpc) is 3.01. The van der Waals surface area contributed by atoms with Crippen LogP contribution in [0.5, 0.6) is 0 Å². The highest BCUT2D eigenvalue weighted by Gasteiger charge is 2.63. The molecule has 5 aliphatic carbocycles. The van der Waals surface area contributed by atoms with Gasteiger partial charge in [-0.1, -0.05) is 33.3 Å². The maximum absolute atomic E-state index is 13.1. The Bertz CT molecular complexity index is 768. The van der Waals surface area contributed by atoms with Crippen molar-refractivity contribution in [2.45, 2.75) is 98.0 Å². The number of hydrogen-bond donors (Lipinski definition) is 2. The first-order valence-corrected chi connectivity index (χ1v) is 12.7. The van der Waals surface area contributed by atoms with Crippen molar-refractivity contribution in [2.75, 3.05) is 6.61 Å². The van der Waals surface area contributed by atoms with Crippen molar-refractivity contribution in [1.29, 1.82) is 0 Å². The minimum atomic E-state index is -0.253. The van der Waals surface area contributed by atoms with Gasteiger partial charge in [0.05, 0.1) is 12.7 Å². The van der Waals surface area contributed by atoms with Gasteiger partial charge in [-0.15, -0.1) is 0 Å². The smallest absolute Gasteiger partial charge is 0.160 e. The summed E-state index contributed by atoms with van der Waals surface area (Å²) in [6, 6.07) is 0. The average molecular weight is 415 g/mol. The van der Waals surface area contributed by atoms with Gasteiger partial charge in [-0.05, 0) is 104 Å². The number of carbonyl (C=O) groups is 1. The van der Waals surface area contributed by atoms with E-state index in [1.165, 1.54) is 44.1 Å². The third kappa shape index (κ3) is 2.66. The van der Waals surface area contributed by atoms with Crippen LogP contribution in [0.25, 0.3) is 0 Å². The molecular formula is C27H42O3. The van der Waals surface area contributed by atoms with Crippen LogP contribution in [0.1, 0.15) is 91.9 Å². The zero-order valence-electron chi connectivity index (χ0n) is 19.5. The van der Waals surface area contributed by atoms with Crippen molar-refractivity contribution < 1.29 is 15.0 Å². The fourth-order valence-electron chi connectivity index (χ4n) is 9.74. The molecule has 0 bridgehead atoms. The SMILES string of the molecule is CC(C)C1=C2C3CCC4C5(C)CCC(O)CC5CCC4(C)C3CCC2(CO)CC1=O. The summed E-state index contributed by atoms with van der Waals surface area (Å²) in [5.74, 6) is 3.13. The molecule has 8 unspecified atom stereocenters. The molecule has 0 aromatic heterocycles. The number of allylic oxidation sites excluding steroid dienone is 1. The van der Waals surface area contributed by atoms with Gasteiger partial charge in [0.2, 0.25) is 0 Å². The van der Waals surface area contributed by atoms with Crippen molar-refractivity contribution in [3.05, 3.63) is 11.1 Å². The number of fused-ring (bicyclic) bond motifs is 7. The van der Waals surface area contributed by atoms with E-state index in [-0.39, 0.29) is 24.0 Å². The number of aliphatic hydroxyl groups is 2. The van der Waals surface area contributed by atoms with Gasteiger partial charge in [0, 0.05) is 11.8 Å². The molecule has 4 fully saturated rings. The summed E-state index contributed by atoms with van der Waals surface area (Å²) in [4.78, 5) is 13.1. The summed E-state index contributed by atoms with van der Waals surface area (Å²) < 4.78 is 0. The molecule has 5 aliphatic rings. The second-order valence-electron chi connectivity index (χ2n) is 12.6. The van der Waals surface area contributed by atoms with Crippen LogP contribution < -0.4 is 0 Å². The van der Waals surface area contributed by atoms with Gasteiger partial charge in [-0.3, -0.25) is 4.79 Å².